The normalized spacial score (nSPS) is 19.1. The minimum Gasteiger partial charge on any atom is -0.178 e. The summed E-state index contributed by atoms with van der Waals surface area (Å²) in [7, 11) is 0. The number of benzene rings is 1. The van der Waals surface area contributed by atoms with Crippen LogP contribution in [0, 0.1) is 0 Å². The summed E-state index contributed by atoms with van der Waals surface area (Å²) in [6.07, 6.45) is 0. The number of rotatable bonds is 1. The predicted octanol–water partition coefficient (Wildman–Crippen LogP) is 3.66. The highest BCUT2D eigenvalue weighted by atomic mass is 15.2. The second kappa shape index (κ2) is 3.05. The zero-order valence-electron chi connectivity index (χ0n) is 8.78. The van der Waals surface area contributed by atoms with Gasteiger partial charge in [0.25, 0.3) is 0 Å². The van der Waals surface area contributed by atoms with Crippen molar-refractivity contribution in [1.82, 2.24) is 0 Å². The molecule has 2 rings (SSSR count). The van der Waals surface area contributed by atoms with Gasteiger partial charge in [0, 0.05) is 5.57 Å². The molecule has 0 spiro atoms. The van der Waals surface area contributed by atoms with Crippen LogP contribution in [0.3, 0.4) is 0 Å². The van der Waals surface area contributed by atoms with Crippen molar-refractivity contribution in [3.63, 3.8) is 0 Å². The Bertz CT molecular complexity index is 400. The number of allylic oxidation sites excluding steroid dienone is 1. The molecular weight excluding hydrogens is 172 g/mol. The van der Waals surface area contributed by atoms with Crippen LogP contribution in [0.2, 0.25) is 0 Å². The van der Waals surface area contributed by atoms with Gasteiger partial charge in [-0.2, -0.15) is 10.2 Å². The molecule has 0 radical (unpaired) electrons. The van der Waals surface area contributed by atoms with E-state index >= 15 is 0 Å². The lowest BCUT2D eigenvalue weighted by molar-refractivity contribution is 0.661. The molecule has 0 bridgehead atoms. The minimum absolute atomic E-state index is 0.175. The number of nitrogens with zero attached hydrogens (tertiary/aromatic N) is 2. The van der Waals surface area contributed by atoms with E-state index in [4.69, 9.17) is 0 Å². The van der Waals surface area contributed by atoms with E-state index in [-0.39, 0.29) is 5.54 Å². The van der Waals surface area contributed by atoms with Crippen molar-refractivity contribution < 1.29 is 0 Å². The first-order chi connectivity index (χ1) is 6.61. The van der Waals surface area contributed by atoms with Crippen molar-refractivity contribution in [3.05, 3.63) is 41.6 Å². The van der Waals surface area contributed by atoms with Gasteiger partial charge in [-0.15, -0.1) is 0 Å². The Morgan fingerprint density at radius 1 is 1.07 bits per heavy atom. The molecule has 0 aromatic heterocycles. The molecule has 1 heterocycles. The maximum atomic E-state index is 4.26. The molecule has 2 nitrogen and oxygen atoms in total. The van der Waals surface area contributed by atoms with E-state index in [2.05, 4.69) is 36.2 Å². The van der Waals surface area contributed by atoms with Gasteiger partial charge < -0.3 is 0 Å². The molecule has 1 aromatic carbocycles. The Hall–Kier alpha value is -1.44. The van der Waals surface area contributed by atoms with E-state index in [0.29, 0.717) is 0 Å². The van der Waals surface area contributed by atoms with Crippen LogP contribution in [0.5, 0.6) is 0 Å². The topological polar surface area (TPSA) is 24.7 Å². The Kier molecular flexibility index (Phi) is 1.99. The highest BCUT2D eigenvalue weighted by Crippen LogP contribution is 2.38. The lowest BCUT2D eigenvalue weighted by atomic mass is 9.89. The van der Waals surface area contributed by atoms with E-state index in [0.717, 1.165) is 5.70 Å². The van der Waals surface area contributed by atoms with E-state index in [1.54, 1.807) is 0 Å². The molecular formula is C12H14N2. The summed E-state index contributed by atoms with van der Waals surface area (Å²) >= 11 is 0. The Morgan fingerprint density at radius 2 is 1.71 bits per heavy atom. The quantitative estimate of drug-likeness (QED) is 0.639. The lowest BCUT2D eigenvalue weighted by Crippen LogP contribution is -2.16. The van der Waals surface area contributed by atoms with Crippen molar-refractivity contribution in [2.24, 2.45) is 10.2 Å². The molecule has 1 aliphatic heterocycles. The Labute approximate surface area is 84.4 Å². The molecule has 72 valence electrons. The Balaban J connectivity index is 2.51. The fraction of sp³-hybridized carbons (Fsp3) is 0.333. The predicted molar refractivity (Wildman–Crippen MR) is 58.0 cm³/mol. The standard InChI is InChI=1S/C12H14N2/c1-9-11(12(2,3)14-13-9)10-7-5-4-6-8-10/h4-8H,1-3H3. The molecule has 0 N–H and O–H groups in total. The highest BCUT2D eigenvalue weighted by molar-refractivity contribution is 5.76. The summed E-state index contributed by atoms with van der Waals surface area (Å²) in [4.78, 5) is 0. The third-order valence-corrected chi connectivity index (χ3v) is 2.49. The SMILES string of the molecule is CC1=C(c2ccccc2)C(C)(C)N=N1. The number of hydrogen-bond acceptors (Lipinski definition) is 2. The zero-order valence-corrected chi connectivity index (χ0v) is 8.78. The summed E-state index contributed by atoms with van der Waals surface area (Å²) < 4.78 is 0. The van der Waals surface area contributed by atoms with Crippen LogP contribution in [0.1, 0.15) is 26.3 Å². The van der Waals surface area contributed by atoms with E-state index in [1.165, 1.54) is 11.1 Å². The van der Waals surface area contributed by atoms with Gasteiger partial charge in [0.1, 0.15) is 5.54 Å². The van der Waals surface area contributed by atoms with E-state index in [1.807, 2.05) is 25.1 Å². The molecule has 0 fully saturated rings. The molecule has 1 aliphatic rings. The van der Waals surface area contributed by atoms with Gasteiger partial charge in [0.05, 0.1) is 5.70 Å². The van der Waals surface area contributed by atoms with Gasteiger partial charge in [-0.3, -0.25) is 0 Å². The number of hydrogen-bond donors (Lipinski definition) is 0. The van der Waals surface area contributed by atoms with Crippen LogP contribution in [0.4, 0.5) is 0 Å². The first kappa shape index (κ1) is 9.13. The van der Waals surface area contributed by atoms with Gasteiger partial charge in [0.2, 0.25) is 0 Å². The Morgan fingerprint density at radius 3 is 2.21 bits per heavy atom. The monoisotopic (exact) mass is 186 g/mol. The molecule has 0 atom stereocenters. The van der Waals surface area contributed by atoms with Crippen molar-refractivity contribution in [3.8, 4) is 0 Å². The summed E-state index contributed by atoms with van der Waals surface area (Å²) in [5, 5.41) is 8.41. The van der Waals surface area contributed by atoms with Crippen LogP contribution in [0.25, 0.3) is 5.57 Å². The van der Waals surface area contributed by atoms with Crippen molar-refractivity contribution >= 4 is 5.57 Å². The summed E-state index contributed by atoms with van der Waals surface area (Å²) in [6, 6.07) is 10.3. The van der Waals surface area contributed by atoms with Gasteiger partial charge >= 0.3 is 0 Å². The molecule has 0 saturated heterocycles. The van der Waals surface area contributed by atoms with Gasteiger partial charge in [-0.25, -0.2) is 0 Å². The smallest absolute Gasteiger partial charge is 0.104 e. The maximum Gasteiger partial charge on any atom is 0.104 e. The molecule has 1 aromatic rings. The van der Waals surface area contributed by atoms with Crippen molar-refractivity contribution in [1.29, 1.82) is 0 Å². The summed E-state index contributed by atoms with van der Waals surface area (Å²) in [6.45, 7) is 6.20. The summed E-state index contributed by atoms with van der Waals surface area (Å²) in [5.41, 5.74) is 3.31. The van der Waals surface area contributed by atoms with Gasteiger partial charge in [-0.05, 0) is 26.3 Å². The van der Waals surface area contributed by atoms with Gasteiger partial charge in [0.15, 0.2) is 0 Å². The third kappa shape index (κ3) is 1.37. The molecule has 0 saturated carbocycles. The van der Waals surface area contributed by atoms with Crippen LogP contribution in [0.15, 0.2) is 46.3 Å². The molecule has 0 unspecified atom stereocenters. The fourth-order valence-corrected chi connectivity index (χ4v) is 1.91. The third-order valence-electron chi connectivity index (χ3n) is 2.49. The van der Waals surface area contributed by atoms with Crippen LogP contribution >= 0.6 is 0 Å². The van der Waals surface area contributed by atoms with Crippen molar-refractivity contribution in [2.75, 3.05) is 0 Å². The van der Waals surface area contributed by atoms with E-state index in [9.17, 15) is 0 Å². The lowest BCUT2D eigenvalue weighted by Gasteiger charge is -2.18. The second-order valence-corrected chi connectivity index (χ2v) is 4.09. The fourth-order valence-electron chi connectivity index (χ4n) is 1.91. The molecule has 0 amide bonds. The molecule has 14 heavy (non-hydrogen) atoms. The van der Waals surface area contributed by atoms with Crippen molar-refractivity contribution in [2.45, 2.75) is 26.3 Å². The average Bonchev–Trinajstić information content (AvgIpc) is 2.42. The zero-order chi connectivity index (χ0) is 10.2. The van der Waals surface area contributed by atoms with Crippen LogP contribution < -0.4 is 0 Å². The first-order valence-corrected chi connectivity index (χ1v) is 4.81. The first-order valence-electron chi connectivity index (χ1n) is 4.81. The number of azo groups is 1. The maximum absolute atomic E-state index is 4.26. The minimum atomic E-state index is -0.175. The highest BCUT2D eigenvalue weighted by Gasteiger charge is 2.30. The van der Waals surface area contributed by atoms with E-state index < -0.39 is 0 Å². The molecule has 2 heteroatoms. The van der Waals surface area contributed by atoms with Crippen LogP contribution in [-0.2, 0) is 0 Å². The van der Waals surface area contributed by atoms with Gasteiger partial charge in [-0.1, -0.05) is 30.3 Å². The molecule has 0 aliphatic carbocycles. The second-order valence-electron chi connectivity index (χ2n) is 4.09. The average molecular weight is 186 g/mol. The largest absolute Gasteiger partial charge is 0.178 e. The van der Waals surface area contributed by atoms with Crippen LogP contribution in [-0.4, -0.2) is 5.54 Å². The summed E-state index contributed by atoms with van der Waals surface area (Å²) in [5.74, 6) is 0.